The highest BCUT2D eigenvalue weighted by Crippen LogP contribution is 2.50. The fraction of sp³-hybridized carbons (Fsp3) is 0.500. The van der Waals surface area contributed by atoms with Gasteiger partial charge < -0.3 is 14.2 Å². The van der Waals surface area contributed by atoms with Crippen LogP contribution >= 0.6 is 0 Å². The summed E-state index contributed by atoms with van der Waals surface area (Å²) in [4.78, 5) is 0. The predicted molar refractivity (Wildman–Crippen MR) is 72.7 cm³/mol. The Morgan fingerprint density at radius 3 is 2.74 bits per heavy atom. The fourth-order valence-electron chi connectivity index (χ4n) is 3.28. The van der Waals surface area contributed by atoms with E-state index in [1.165, 1.54) is 11.8 Å². The summed E-state index contributed by atoms with van der Waals surface area (Å²) in [5, 5.41) is 0. The van der Waals surface area contributed by atoms with Gasteiger partial charge in [-0.2, -0.15) is 0 Å². The van der Waals surface area contributed by atoms with E-state index in [2.05, 4.69) is 30.8 Å². The standard InChI is InChI=1S/C16H20O3/c1-2-17-10-11-18-16(13-6-4-3-5-7-13)12-14-8-9-15(16)19-14/h2-7,14-15H,1,8-12H2. The third-order valence-corrected chi connectivity index (χ3v) is 4.10. The Morgan fingerprint density at radius 2 is 2.11 bits per heavy atom. The minimum Gasteiger partial charge on any atom is -0.499 e. The molecule has 1 aromatic rings. The van der Waals surface area contributed by atoms with Crippen LogP contribution < -0.4 is 0 Å². The molecule has 0 radical (unpaired) electrons. The molecule has 0 amide bonds. The lowest BCUT2D eigenvalue weighted by molar-refractivity contribution is -0.102. The Hall–Kier alpha value is -1.32. The molecule has 3 nitrogen and oxygen atoms in total. The molecule has 19 heavy (non-hydrogen) atoms. The minimum absolute atomic E-state index is 0.184. The van der Waals surface area contributed by atoms with Crippen molar-refractivity contribution in [2.24, 2.45) is 0 Å². The van der Waals surface area contributed by atoms with Crippen LogP contribution in [0.25, 0.3) is 0 Å². The van der Waals surface area contributed by atoms with Crippen LogP contribution in [0.5, 0.6) is 0 Å². The molecule has 0 spiro atoms. The van der Waals surface area contributed by atoms with Gasteiger partial charge in [-0.1, -0.05) is 36.9 Å². The molecule has 1 aromatic carbocycles. The molecule has 2 fully saturated rings. The first kappa shape index (κ1) is 12.7. The van der Waals surface area contributed by atoms with Crippen molar-refractivity contribution >= 4 is 0 Å². The highest BCUT2D eigenvalue weighted by atomic mass is 16.6. The van der Waals surface area contributed by atoms with Gasteiger partial charge >= 0.3 is 0 Å². The van der Waals surface area contributed by atoms with Crippen molar-refractivity contribution in [1.82, 2.24) is 0 Å². The molecule has 0 aromatic heterocycles. The molecule has 0 N–H and O–H groups in total. The maximum atomic E-state index is 6.21. The highest BCUT2D eigenvalue weighted by Gasteiger charge is 2.54. The van der Waals surface area contributed by atoms with Crippen LogP contribution in [0.3, 0.4) is 0 Å². The monoisotopic (exact) mass is 260 g/mol. The molecule has 2 aliphatic heterocycles. The number of fused-ring (bicyclic) bond motifs is 2. The van der Waals surface area contributed by atoms with E-state index in [0.717, 1.165) is 19.3 Å². The first-order valence-electron chi connectivity index (χ1n) is 6.92. The number of ether oxygens (including phenoxy) is 3. The van der Waals surface area contributed by atoms with Crippen molar-refractivity contribution in [2.45, 2.75) is 37.1 Å². The molecule has 3 heteroatoms. The number of hydrogen-bond donors (Lipinski definition) is 0. The minimum atomic E-state index is -0.283. The fourth-order valence-corrected chi connectivity index (χ4v) is 3.28. The lowest BCUT2D eigenvalue weighted by Crippen LogP contribution is -2.40. The molecule has 3 rings (SSSR count). The third-order valence-electron chi connectivity index (χ3n) is 4.10. The Balaban J connectivity index is 1.78. The van der Waals surface area contributed by atoms with Crippen LogP contribution in [-0.2, 0) is 19.8 Å². The zero-order valence-electron chi connectivity index (χ0n) is 11.1. The zero-order valence-corrected chi connectivity index (χ0v) is 11.1. The summed E-state index contributed by atoms with van der Waals surface area (Å²) in [6.07, 6.45) is 5.19. The van der Waals surface area contributed by atoms with E-state index >= 15 is 0 Å². The van der Waals surface area contributed by atoms with Gasteiger partial charge in [0.1, 0.15) is 12.2 Å². The molecule has 2 bridgehead atoms. The van der Waals surface area contributed by atoms with Gasteiger partial charge in [0.15, 0.2) is 0 Å². The van der Waals surface area contributed by atoms with E-state index in [1.54, 1.807) is 0 Å². The van der Waals surface area contributed by atoms with Gasteiger partial charge in [0.05, 0.1) is 25.1 Å². The molecule has 2 aliphatic rings. The SMILES string of the molecule is C=COCCOC1(c2ccccc2)CC2CCC1O2. The van der Waals surface area contributed by atoms with Gasteiger partial charge in [-0.3, -0.25) is 0 Å². The van der Waals surface area contributed by atoms with Crippen molar-refractivity contribution in [3.8, 4) is 0 Å². The highest BCUT2D eigenvalue weighted by molar-refractivity contribution is 5.27. The predicted octanol–water partition coefficient (Wildman–Crippen LogP) is 3.01. The molecular formula is C16H20O3. The second-order valence-electron chi connectivity index (χ2n) is 5.17. The summed E-state index contributed by atoms with van der Waals surface area (Å²) in [5.41, 5.74) is 0.940. The van der Waals surface area contributed by atoms with Gasteiger partial charge in [0, 0.05) is 6.42 Å². The number of hydrogen-bond acceptors (Lipinski definition) is 3. The Morgan fingerprint density at radius 1 is 1.26 bits per heavy atom. The summed E-state index contributed by atoms with van der Waals surface area (Å²) in [7, 11) is 0. The van der Waals surface area contributed by atoms with Gasteiger partial charge in [-0.15, -0.1) is 0 Å². The van der Waals surface area contributed by atoms with Crippen molar-refractivity contribution in [3.63, 3.8) is 0 Å². The maximum Gasteiger partial charge on any atom is 0.122 e. The van der Waals surface area contributed by atoms with Crippen molar-refractivity contribution in [3.05, 3.63) is 48.7 Å². The van der Waals surface area contributed by atoms with Gasteiger partial charge in [-0.05, 0) is 18.4 Å². The molecule has 0 saturated carbocycles. The number of rotatable bonds is 6. The summed E-state index contributed by atoms with van der Waals surface area (Å²) < 4.78 is 17.4. The van der Waals surface area contributed by atoms with E-state index in [1.807, 2.05) is 6.07 Å². The third kappa shape index (κ3) is 2.28. The molecular weight excluding hydrogens is 240 g/mol. The average molecular weight is 260 g/mol. The van der Waals surface area contributed by atoms with E-state index in [-0.39, 0.29) is 11.7 Å². The first-order valence-corrected chi connectivity index (χ1v) is 6.92. The lowest BCUT2D eigenvalue weighted by Gasteiger charge is -2.35. The zero-order chi connectivity index (χ0) is 13.1. The van der Waals surface area contributed by atoms with Crippen LogP contribution in [0.2, 0.25) is 0 Å². The van der Waals surface area contributed by atoms with E-state index in [4.69, 9.17) is 14.2 Å². The molecule has 2 saturated heterocycles. The van der Waals surface area contributed by atoms with Crippen molar-refractivity contribution in [2.75, 3.05) is 13.2 Å². The van der Waals surface area contributed by atoms with E-state index in [0.29, 0.717) is 19.3 Å². The van der Waals surface area contributed by atoms with Crippen molar-refractivity contribution < 1.29 is 14.2 Å². The molecule has 102 valence electrons. The summed E-state index contributed by atoms with van der Waals surface area (Å²) in [5.74, 6) is 0. The lowest BCUT2D eigenvalue weighted by atomic mass is 9.79. The van der Waals surface area contributed by atoms with Crippen LogP contribution in [0.4, 0.5) is 0 Å². The van der Waals surface area contributed by atoms with E-state index < -0.39 is 0 Å². The summed E-state index contributed by atoms with van der Waals surface area (Å²) in [6.45, 7) is 4.64. The van der Waals surface area contributed by atoms with Crippen molar-refractivity contribution in [1.29, 1.82) is 0 Å². The van der Waals surface area contributed by atoms with Crippen LogP contribution in [0, 0.1) is 0 Å². The van der Waals surface area contributed by atoms with Gasteiger partial charge in [0.2, 0.25) is 0 Å². The first-order chi connectivity index (χ1) is 9.35. The Bertz CT molecular complexity index is 431. The molecule has 0 aliphatic carbocycles. The Labute approximate surface area is 114 Å². The van der Waals surface area contributed by atoms with Gasteiger partial charge in [-0.25, -0.2) is 0 Å². The van der Waals surface area contributed by atoms with E-state index in [9.17, 15) is 0 Å². The second-order valence-corrected chi connectivity index (χ2v) is 5.17. The van der Waals surface area contributed by atoms with Crippen LogP contribution in [0.1, 0.15) is 24.8 Å². The second kappa shape index (κ2) is 5.35. The largest absolute Gasteiger partial charge is 0.499 e. The average Bonchev–Trinajstić information content (AvgIpc) is 3.06. The smallest absolute Gasteiger partial charge is 0.122 e. The summed E-state index contributed by atoms with van der Waals surface area (Å²) >= 11 is 0. The maximum absolute atomic E-state index is 6.21. The molecule has 3 unspecified atom stereocenters. The molecule has 3 atom stereocenters. The van der Waals surface area contributed by atoms with Crippen LogP contribution in [0.15, 0.2) is 43.2 Å². The van der Waals surface area contributed by atoms with Gasteiger partial charge in [0.25, 0.3) is 0 Å². The topological polar surface area (TPSA) is 27.7 Å². The van der Waals surface area contributed by atoms with Crippen LogP contribution in [-0.4, -0.2) is 25.4 Å². The summed E-state index contributed by atoms with van der Waals surface area (Å²) in [6, 6.07) is 10.4. The molecule has 2 heterocycles. The normalized spacial score (nSPS) is 32.4. The number of benzene rings is 1. The Kier molecular flexibility index (Phi) is 3.58. The quantitative estimate of drug-likeness (QED) is 0.581.